The molecular formula is H12N2Si3. The summed E-state index contributed by atoms with van der Waals surface area (Å²) in [4.78, 5) is 0. The summed E-state index contributed by atoms with van der Waals surface area (Å²) in [6.07, 6.45) is 0. The summed E-state index contributed by atoms with van der Waals surface area (Å²) in [6, 6.07) is 0. The van der Waals surface area contributed by atoms with E-state index < -0.39 is 0 Å². The number of hydrogen-bond donors (Lipinski definition) is 1. The van der Waals surface area contributed by atoms with Gasteiger partial charge in [0.2, 0.25) is 0 Å². The van der Waals surface area contributed by atoms with Crippen LogP contribution < -0.4 is 6.15 Å². The van der Waals surface area contributed by atoms with E-state index >= 15 is 0 Å². The molecule has 0 saturated heterocycles. The first kappa shape index (κ1) is 9.13. The van der Waals surface area contributed by atoms with Crippen molar-refractivity contribution in [3.8, 4) is 0 Å². The van der Waals surface area contributed by atoms with Crippen LogP contribution in [0.3, 0.4) is 0 Å². The third-order valence-corrected chi connectivity index (χ3v) is 0. The summed E-state index contributed by atoms with van der Waals surface area (Å²) in [5, 5.41) is 0. The number of rotatable bonds is 0. The van der Waals surface area contributed by atoms with Crippen molar-refractivity contribution in [2.45, 2.75) is 0 Å². The molecule has 0 rings (SSSR count). The van der Waals surface area contributed by atoms with E-state index in [9.17, 15) is 0 Å². The zero-order valence-corrected chi connectivity index (χ0v) is 10.2. The fourth-order valence-corrected chi connectivity index (χ4v) is 0. The molecule has 34 valence electrons. The van der Waals surface area contributed by atoms with Crippen LogP contribution in [0.25, 0.3) is 0 Å². The standard InChI is InChI=1S/H9NSi3.H3N/c2-1(3)4;/h2-4H3;1H3. The quantitative estimate of drug-likeness (QED) is 0.338. The van der Waals surface area contributed by atoms with E-state index in [1.54, 1.807) is 0 Å². The first-order valence-electron chi connectivity index (χ1n) is 1.34. The predicted octanol–water partition coefficient (Wildman–Crippen LogP) is -3.71. The van der Waals surface area contributed by atoms with Crippen LogP contribution in [0.2, 0.25) is 0 Å². The van der Waals surface area contributed by atoms with Crippen LogP contribution in [-0.4, -0.2) is 35.1 Å². The van der Waals surface area contributed by atoms with Crippen LogP contribution >= 0.6 is 0 Å². The fourth-order valence-electron chi connectivity index (χ4n) is 0. The van der Waals surface area contributed by atoms with Crippen LogP contribution in [0, 0.1) is 0 Å². The summed E-state index contributed by atoms with van der Waals surface area (Å²) in [6.45, 7) is 0. The van der Waals surface area contributed by atoms with Gasteiger partial charge in [-0.2, -0.15) is 0 Å². The lowest BCUT2D eigenvalue weighted by molar-refractivity contribution is 1.18. The van der Waals surface area contributed by atoms with E-state index in [0.29, 0.717) is 0 Å². The molecule has 5 heteroatoms. The van der Waals surface area contributed by atoms with Crippen molar-refractivity contribution in [1.29, 1.82) is 0 Å². The van der Waals surface area contributed by atoms with Gasteiger partial charge in [-0.25, -0.2) is 0 Å². The van der Waals surface area contributed by atoms with Crippen LogP contribution in [0.5, 0.6) is 0 Å². The highest BCUT2D eigenvalue weighted by Crippen LogP contribution is 1.38. The SMILES string of the molecule is N.[SiH3]N([SiH3])[SiH3]. The molecule has 0 unspecified atom stereocenters. The molecule has 2 nitrogen and oxygen atoms in total. The van der Waals surface area contributed by atoms with Gasteiger partial charge in [0, 0.05) is 0 Å². The van der Waals surface area contributed by atoms with Crippen LogP contribution in [0.1, 0.15) is 0 Å². The second kappa shape index (κ2) is 4.57. The van der Waals surface area contributed by atoms with Crippen molar-refractivity contribution in [3.05, 3.63) is 0 Å². The minimum Gasteiger partial charge on any atom is -0.390 e. The Morgan fingerprint density at radius 3 is 1.00 bits per heavy atom. The van der Waals surface area contributed by atoms with Crippen molar-refractivity contribution < 1.29 is 0 Å². The maximum atomic E-state index is 2.42. The molecule has 5 heavy (non-hydrogen) atoms. The minimum atomic E-state index is 0. The highest BCUT2D eigenvalue weighted by molar-refractivity contribution is 6.41. The van der Waals surface area contributed by atoms with Crippen molar-refractivity contribution in [1.82, 2.24) is 10.0 Å². The van der Waals surface area contributed by atoms with Crippen molar-refractivity contribution in [3.63, 3.8) is 0 Å². The molecule has 0 heterocycles. The van der Waals surface area contributed by atoms with Crippen LogP contribution in [-0.2, 0) is 0 Å². The van der Waals surface area contributed by atoms with Gasteiger partial charge in [-0.15, -0.1) is 0 Å². The Bertz CT molecular complexity index is 9.61. The molecule has 0 aliphatic rings. The molecule has 0 aromatic heterocycles. The molecular weight excluding hydrogens is 112 g/mol. The molecule has 0 amide bonds. The van der Waals surface area contributed by atoms with Crippen molar-refractivity contribution in [2.24, 2.45) is 0 Å². The third kappa shape index (κ3) is 92.8. The molecule has 0 aliphatic heterocycles. The second-order valence-electron chi connectivity index (χ2n) is 1.34. The fraction of sp³-hybridized carbons (Fsp3) is 0. The monoisotopic (exact) mass is 124 g/mol. The van der Waals surface area contributed by atoms with Crippen LogP contribution in [0.4, 0.5) is 0 Å². The summed E-state index contributed by atoms with van der Waals surface area (Å²) < 4.78 is 2.42. The average Bonchev–Trinajstić information content (AvgIpc) is 0.811. The zero-order chi connectivity index (χ0) is 3.58. The van der Waals surface area contributed by atoms with Crippen LogP contribution in [0.15, 0.2) is 0 Å². The number of hydrogen-bond acceptors (Lipinski definition) is 2. The molecule has 0 spiro atoms. The van der Waals surface area contributed by atoms with E-state index in [4.69, 9.17) is 0 Å². The van der Waals surface area contributed by atoms with E-state index in [1.807, 2.05) is 0 Å². The lowest BCUT2D eigenvalue weighted by Gasteiger charge is -1.91. The van der Waals surface area contributed by atoms with Gasteiger partial charge in [-0.05, 0) is 0 Å². The lowest BCUT2D eigenvalue weighted by Crippen LogP contribution is -2.08. The molecule has 0 saturated carbocycles. The summed E-state index contributed by atoms with van der Waals surface area (Å²) in [7, 11) is 3.92. The zero-order valence-electron chi connectivity index (χ0n) is 4.15. The Kier molecular flexibility index (Phi) is 8.34. The molecule has 0 fully saturated rings. The molecule has 0 radical (unpaired) electrons. The molecule has 0 aliphatic carbocycles. The Hall–Kier alpha value is 0.571. The van der Waals surface area contributed by atoms with Gasteiger partial charge in [0.05, 0.1) is 31.2 Å². The first-order valence-corrected chi connectivity index (χ1v) is 4.02. The summed E-state index contributed by atoms with van der Waals surface area (Å²) in [5.41, 5.74) is 0. The summed E-state index contributed by atoms with van der Waals surface area (Å²) in [5.74, 6) is 0. The largest absolute Gasteiger partial charge is 0.390 e. The summed E-state index contributed by atoms with van der Waals surface area (Å²) >= 11 is 0. The Balaban J connectivity index is 0. The van der Waals surface area contributed by atoms with Gasteiger partial charge in [0.1, 0.15) is 0 Å². The van der Waals surface area contributed by atoms with Gasteiger partial charge in [0.25, 0.3) is 0 Å². The smallest absolute Gasteiger partial charge is 0.0625 e. The highest BCUT2D eigenvalue weighted by Gasteiger charge is 1.58. The molecule has 3 N–H and O–H groups in total. The van der Waals surface area contributed by atoms with E-state index in [0.717, 1.165) is 0 Å². The normalized spacial score (nSPS) is 9.00. The van der Waals surface area contributed by atoms with Gasteiger partial charge >= 0.3 is 0 Å². The Labute approximate surface area is 42.0 Å². The maximum Gasteiger partial charge on any atom is 0.0625 e. The lowest BCUT2D eigenvalue weighted by atomic mass is 13.8. The highest BCUT2D eigenvalue weighted by atomic mass is 28.3. The molecule has 0 bridgehead atoms. The predicted molar refractivity (Wildman–Crippen MR) is 36.7 cm³/mol. The Morgan fingerprint density at radius 1 is 1.00 bits per heavy atom. The minimum absolute atomic E-state index is 0. The molecule has 0 aromatic carbocycles. The Morgan fingerprint density at radius 2 is 1.00 bits per heavy atom. The maximum absolute atomic E-state index is 2.42. The number of nitrogens with zero attached hydrogens (tertiary/aromatic N) is 1. The molecule has 0 aromatic rings. The second-order valence-corrected chi connectivity index (χ2v) is 12.1. The molecule has 0 atom stereocenters. The van der Waals surface area contributed by atoms with Crippen molar-refractivity contribution in [2.75, 3.05) is 0 Å². The van der Waals surface area contributed by atoms with Gasteiger partial charge < -0.3 is 10.0 Å². The third-order valence-electron chi connectivity index (χ3n) is 0. The van der Waals surface area contributed by atoms with E-state index in [-0.39, 0.29) is 6.15 Å². The topological polar surface area (TPSA) is 38.2 Å². The average molecular weight is 124 g/mol. The van der Waals surface area contributed by atoms with Crippen molar-refractivity contribution >= 4 is 31.2 Å². The van der Waals surface area contributed by atoms with Gasteiger partial charge in [-0.1, -0.05) is 0 Å². The van der Waals surface area contributed by atoms with Gasteiger partial charge in [-0.3, -0.25) is 0 Å². The first-order chi connectivity index (χ1) is 1.73. The van der Waals surface area contributed by atoms with E-state index in [1.165, 1.54) is 31.2 Å². The van der Waals surface area contributed by atoms with Gasteiger partial charge in [0.15, 0.2) is 0 Å². The van der Waals surface area contributed by atoms with E-state index in [2.05, 4.69) is 3.90 Å².